The maximum Gasteiger partial charge on any atom is 0.173 e. The first kappa shape index (κ1) is 15.3. The van der Waals surface area contributed by atoms with Crippen molar-refractivity contribution in [2.45, 2.75) is 58.5 Å². The highest BCUT2D eigenvalue weighted by Crippen LogP contribution is 2.65. The Labute approximate surface area is 137 Å². The summed E-state index contributed by atoms with van der Waals surface area (Å²) in [6.45, 7) is 8.49. The third-order valence-corrected chi connectivity index (χ3v) is 7.63. The van der Waals surface area contributed by atoms with Gasteiger partial charge >= 0.3 is 0 Å². The molecule has 4 aliphatic carbocycles. The molecular weight excluding hydrogens is 291 g/mol. The van der Waals surface area contributed by atoms with Gasteiger partial charge in [0.05, 0.1) is 0 Å². The number of ketones is 2. The Morgan fingerprint density at radius 2 is 1.91 bits per heavy atom. The summed E-state index contributed by atoms with van der Waals surface area (Å²) in [6, 6.07) is 0. The van der Waals surface area contributed by atoms with Crippen molar-refractivity contribution in [3.63, 3.8) is 0 Å². The van der Waals surface area contributed by atoms with Gasteiger partial charge in [-0.2, -0.15) is 0 Å². The highest BCUT2D eigenvalue weighted by Gasteiger charge is 2.62. The van der Waals surface area contributed by atoms with Crippen molar-refractivity contribution in [1.29, 1.82) is 0 Å². The predicted octanol–water partition coefficient (Wildman–Crippen LogP) is 4.20. The van der Waals surface area contributed by atoms with E-state index in [0.29, 0.717) is 24.7 Å². The van der Waals surface area contributed by atoms with Gasteiger partial charge in [0.25, 0.3) is 0 Å². The molecule has 6 atom stereocenters. The number of fused-ring (bicyclic) bond motifs is 5. The van der Waals surface area contributed by atoms with Gasteiger partial charge in [-0.3, -0.25) is 9.59 Å². The number of halogens is 1. The van der Waals surface area contributed by atoms with Gasteiger partial charge in [0.2, 0.25) is 0 Å². The van der Waals surface area contributed by atoms with E-state index in [0.717, 1.165) is 36.8 Å². The van der Waals surface area contributed by atoms with Gasteiger partial charge in [0.15, 0.2) is 17.7 Å². The number of carbonyl (C=O) groups is 2. The van der Waals surface area contributed by atoms with Crippen LogP contribution in [0.2, 0.25) is 0 Å². The second kappa shape index (κ2) is 4.64. The maximum atomic E-state index is 14.2. The molecule has 0 N–H and O–H groups in total. The van der Waals surface area contributed by atoms with Crippen LogP contribution in [0.1, 0.15) is 52.4 Å². The molecule has 2 nitrogen and oxygen atoms in total. The largest absolute Gasteiger partial charge is 0.296 e. The summed E-state index contributed by atoms with van der Waals surface area (Å²) < 4.78 is 14.2. The molecule has 0 bridgehead atoms. The summed E-state index contributed by atoms with van der Waals surface area (Å²) in [6.07, 6.45) is 4.96. The Balaban J connectivity index is 1.76. The highest BCUT2D eigenvalue weighted by molar-refractivity contribution is 5.93. The molecule has 0 saturated heterocycles. The second-order valence-electron chi connectivity index (χ2n) is 8.65. The topological polar surface area (TPSA) is 34.1 Å². The lowest BCUT2D eigenvalue weighted by atomic mass is 9.47. The summed E-state index contributed by atoms with van der Waals surface area (Å²) >= 11 is 0. The highest BCUT2D eigenvalue weighted by atomic mass is 19.1. The van der Waals surface area contributed by atoms with E-state index in [1.54, 1.807) is 0 Å². The second-order valence-corrected chi connectivity index (χ2v) is 8.65. The van der Waals surface area contributed by atoms with Crippen LogP contribution in [-0.2, 0) is 9.59 Å². The number of allylic oxidation sites excluding steroid dienone is 2. The third kappa shape index (κ3) is 1.85. The molecular formula is C20H25FO2. The van der Waals surface area contributed by atoms with E-state index < -0.39 is 11.6 Å². The fourth-order valence-electron chi connectivity index (χ4n) is 6.31. The minimum atomic E-state index is -1.28. The Bertz CT molecular complexity index is 648. The number of rotatable bonds is 0. The first-order valence-corrected chi connectivity index (χ1v) is 8.89. The minimum Gasteiger partial charge on any atom is -0.296 e. The lowest BCUT2D eigenvalue weighted by Crippen LogP contribution is -2.51. The SMILES string of the molecule is C=C1C[C@@H]2[C@@H](CC[C@]3(C)C(=O)C(F)C[C@@H]23)[C@@]2(C)CCC(=O)C=C12. The van der Waals surface area contributed by atoms with E-state index in [2.05, 4.69) is 13.5 Å². The molecule has 3 heteroatoms. The van der Waals surface area contributed by atoms with Crippen LogP contribution in [0.5, 0.6) is 0 Å². The van der Waals surface area contributed by atoms with Gasteiger partial charge in [-0.05, 0) is 66.9 Å². The Hall–Kier alpha value is -1.25. The molecule has 3 fully saturated rings. The fourth-order valence-corrected chi connectivity index (χ4v) is 6.31. The van der Waals surface area contributed by atoms with E-state index in [9.17, 15) is 14.0 Å². The van der Waals surface area contributed by atoms with E-state index in [1.807, 2.05) is 13.0 Å². The number of Topliss-reactive ketones (excluding diaryl/α,β-unsaturated/α-hetero) is 1. The normalized spacial score (nSPS) is 49.3. The number of carbonyl (C=O) groups excluding carboxylic acids is 2. The van der Waals surface area contributed by atoms with Crippen molar-refractivity contribution >= 4 is 11.6 Å². The molecule has 1 unspecified atom stereocenters. The third-order valence-electron chi connectivity index (χ3n) is 7.63. The number of alkyl halides is 1. The number of hydrogen-bond donors (Lipinski definition) is 0. The number of hydrogen-bond acceptors (Lipinski definition) is 2. The average molecular weight is 316 g/mol. The molecule has 124 valence electrons. The van der Waals surface area contributed by atoms with Crippen LogP contribution in [0, 0.1) is 28.6 Å². The first-order valence-electron chi connectivity index (χ1n) is 8.89. The summed E-state index contributed by atoms with van der Waals surface area (Å²) in [7, 11) is 0. The molecule has 0 heterocycles. The standard InChI is InChI=1S/C20H25FO2/c1-11-8-13-14(19(2)6-4-12(22)9-15(11)19)5-7-20(3)16(13)10-17(21)18(20)23/h9,13-14,16-17H,1,4-8,10H2,2-3H3/t13-,14-,16+,17?,19-,20+/m1/s1. The van der Waals surface area contributed by atoms with E-state index in [-0.39, 0.29) is 22.9 Å². The van der Waals surface area contributed by atoms with Crippen molar-refractivity contribution in [1.82, 2.24) is 0 Å². The van der Waals surface area contributed by atoms with Crippen LogP contribution in [0.25, 0.3) is 0 Å². The average Bonchev–Trinajstić information content (AvgIpc) is 2.73. The molecule has 0 aromatic carbocycles. The van der Waals surface area contributed by atoms with Crippen molar-refractivity contribution in [2.24, 2.45) is 28.6 Å². The molecule has 0 amide bonds. The zero-order valence-electron chi connectivity index (χ0n) is 14.0. The van der Waals surface area contributed by atoms with Crippen LogP contribution in [-0.4, -0.2) is 17.7 Å². The molecule has 0 aliphatic heterocycles. The monoisotopic (exact) mass is 316 g/mol. The van der Waals surface area contributed by atoms with Gasteiger partial charge < -0.3 is 0 Å². The molecule has 0 aromatic rings. The van der Waals surface area contributed by atoms with Crippen LogP contribution in [0.4, 0.5) is 4.39 Å². The Morgan fingerprint density at radius 3 is 2.65 bits per heavy atom. The maximum absolute atomic E-state index is 14.2. The van der Waals surface area contributed by atoms with Gasteiger partial charge in [-0.25, -0.2) is 4.39 Å². The lowest BCUT2D eigenvalue weighted by Gasteiger charge is -2.57. The predicted molar refractivity (Wildman–Crippen MR) is 86.5 cm³/mol. The molecule has 3 saturated carbocycles. The molecule has 4 rings (SSSR count). The fraction of sp³-hybridized carbons (Fsp3) is 0.700. The Morgan fingerprint density at radius 1 is 1.17 bits per heavy atom. The van der Waals surface area contributed by atoms with Crippen molar-refractivity contribution in [3.05, 3.63) is 23.8 Å². The van der Waals surface area contributed by atoms with Crippen LogP contribution in [0.3, 0.4) is 0 Å². The quantitative estimate of drug-likeness (QED) is 0.671. The zero-order valence-corrected chi connectivity index (χ0v) is 14.0. The van der Waals surface area contributed by atoms with E-state index in [1.165, 1.54) is 0 Å². The van der Waals surface area contributed by atoms with Gasteiger partial charge in [0, 0.05) is 11.8 Å². The van der Waals surface area contributed by atoms with Gasteiger partial charge in [-0.15, -0.1) is 0 Å². The zero-order chi connectivity index (χ0) is 16.6. The van der Waals surface area contributed by atoms with Gasteiger partial charge in [-0.1, -0.05) is 26.0 Å². The van der Waals surface area contributed by atoms with Crippen molar-refractivity contribution in [2.75, 3.05) is 0 Å². The Kier molecular flexibility index (Phi) is 3.09. The molecule has 23 heavy (non-hydrogen) atoms. The molecule has 0 spiro atoms. The summed E-state index contributed by atoms with van der Waals surface area (Å²) in [4.78, 5) is 24.2. The van der Waals surface area contributed by atoms with Crippen molar-refractivity contribution < 1.29 is 14.0 Å². The van der Waals surface area contributed by atoms with Crippen molar-refractivity contribution in [3.8, 4) is 0 Å². The molecule has 0 aromatic heterocycles. The summed E-state index contributed by atoms with van der Waals surface area (Å²) in [5.41, 5.74) is 1.68. The van der Waals surface area contributed by atoms with Crippen LogP contribution < -0.4 is 0 Å². The van der Waals surface area contributed by atoms with E-state index >= 15 is 0 Å². The van der Waals surface area contributed by atoms with Crippen LogP contribution in [0.15, 0.2) is 23.8 Å². The minimum absolute atomic E-state index is 0.0211. The molecule has 4 aliphatic rings. The van der Waals surface area contributed by atoms with Gasteiger partial charge in [0.1, 0.15) is 0 Å². The summed E-state index contributed by atoms with van der Waals surface area (Å²) in [5.74, 6) is 0.954. The van der Waals surface area contributed by atoms with E-state index in [4.69, 9.17) is 0 Å². The summed E-state index contributed by atoms with van der Waals surface area (Å²) in [5, 5.41) is 0. The first-order chi connectivity index (χ1) is 10.8. The smallest absolute Gasteiger partial charge is 0.173 e. The van der Waals surface area contributed by atoms with Crippen LogP contribution >= 0.6 is 0 Å². The molecule has 0 radical (unpaired) electrons. The lowest BCUT2D eigenvalue weighted by molar-refractivity contribution is -0.134.